The molecule has 25 heavy (non-hydrogen) atoms. The molecule has 0 saturated carbocycles. The van der Waals surface area contributed by atoms with Crippen molar-refractivity contribution in [2.45, 2.75) is 13.8 Å². The molecule has 6 nitrogen and oxygen atoms in total. The molecule has 1 aliphatic heterocycles. The summed E-state index contributed by atoms with van der Waals surface area (Å²) in [6, 6.07) is 8.69. The van der Waals surface area contributed by atoms with Gasteiger partial charge in [-0.1, -0.05) is 21.1 Å². The fourth-order valence-electron chi connectivity index (χ4n) is 2.35. The van der Waals surface area contributed by atoms with Gasteiger partial charge >= 0.3 is 11.9 Å². The maximum Gasteiger partial charge on any atom is 0.367 e. The fourth-order valence-corrected chi connectivity index (χ4v) is 2.71. The van der Waals surface area contributed by atoms with Crippen molar-refractivity contribution < 1.29 is 23.6 Å². The second-order valence-corrected chi connectivity index (χ2v) is 6.14. The number of halogens is 1. The molecular weight excluding hydrogens is 390 g/mol. The van der Waals surface area contributed by atoms with Crippen molar-refractivity contribution in [3.63, 3.8) is 0 Å². The highest BCUT2D eigenvalue weighted by molar-refractivity contribution is 9.10. The van der Waals surface area contributed by atoms with Crippen molar-refractivity contribution in [2.75, 3.05) is 6.61 Å². The molecule has 0 saturated heterocycles. The van der Waals surface area contributed by atoms with Gasteiger partial charge in [0.25, 0.3) is 0 Å². The molecule has 2 aromatic rings. The summed E-state index contributed by atoms with van der Waals surface area (Å²) in [6.07, 6.45) is 1.56. The molecule has 128 valence electrons. The molecule has 1 aromatic heterocycles. The summed E-state index contributed by atoms with van der Waals surface area (Å²) in [4.78, 5) is 28.4. The molecule has 3 rings (SSSR count). The van der Waals surface area contributed by atoms with Gasteiger partial charge < -0.3 is 14.0 Å². The number of furan rings is 1. The first kappa shape index (κ1) is 17.2. The summed E-state index contributed by atoms with van der Waals surface area (Å²) in [6.45, 7) is 3.70. The zero-order chi connectivity index (χ0) is 18.0. The van der Waals surface area contributed by atoms with Crippen LogP contribution in [-0.2, 0) is 14.4 Å². The Morgan fingerprint density at radius 1 is 1.32 bits per heavy atom. The van der Waals surface area contributed by atoms with Gasteiger partial charge in [0, 0.05) is 10.0 Å². The van der Waals surface area contributed by atoms with Crippen molar-refractivity contribution in [3.05, 3.63) is 51.7 Å². The highest BCUT2D eigenvalue weighted by atomic mass is 79.9. The van der Waals surface area contributed by atoms with E-state index >= 15 is 0 Å². The quantitative estimate of drug-likeness (QED) is 0.434. The van der Waals surface area contributed by atoms with E-state index in [0.717, 1.165) is 4.47 Å². The van der Waals surface area contributed by atoms with Crippen molar-refractivity contribution >= 4 is 39.7 Å². The highest BCUT2D eigenvalue weighted by Crippen LogP contribution is 2.30. The van der Waals surface area contributed by atoms with Gasteiger partial charge in [0.2, 0.25) is 0 Å². The minimum atomic E-state index is -0.522. The molecule has 1 aliphatic rings. The van der Waals surface area contributed by atoms with E-state index in [9.17, 15) is 9.59 Å². The van der Waals surface area contributed by atoms with Crippen LogP contribution in [0.4, 0.5) is 0 Å². The second kappa shape index (κ2) is 7.06. The Morgan fingerprint density at radius 2 is 2.12 bits per heavy atom. The Hall–Kier alpha value is -2.67. The molecule has 1 aromatic carbocycles. The Kier molecular flexibility index (Phi) is 4.85. The molecule has 0 atom stereocenters. The van der Waals surface area contributed by atoms with Crippen LogP contribution in [0.2, 0.25) is 0 Å². The van der Waals surface area contributed by atoms with Crippen molar-refractivity contribution in [1.29, 1.82) is 0 Å². The largest absolute Gasteiger partial charge is 0.462 e. The highest BCUT2D eigenvalue weighted by Gasteiger charge is 2.23. The Morgan fingerprint density at radius 3 is 2.80 bits per heavy atom. The minimum absolute atomic E-state index is 0.279. The van der Waals surface area contributed by atoms with Gasteiger partial charge in [-0.2, -0.15) is 0 Å². The number of carbonyl (C=O) groups is 2. The first-order valence-corrected chi connectivity index (χ1v) is 8.33. The van der Waals surface area contributed by atoms with Crippen LogP contribution < -0.4 is 0 Å². The summed E-state index contributed by atoms with van der Waals surface area (Å²) < 4.78 is 11.6. The normalized spacial score (nSPS) is 15.2. The van der Waals surface area contributed by atoms with Crippen LogP contribution in [-0.4, -0.2) is 24.3 Å². The Balaban J connectivity index is 1.98. The number of oxime groups is 1. The number of esters is 1. The molecule has 0 N–H and O–H groups in total. The van der Waals surface area contributed by atoms with Gasteiger partial charge in [-0.3, -0.25) is 0 Å². The first-order chi connectivity index (χ1) is 12.0. The Labute approximate surface area is 152 Å². The lowest BCUT2D eigenvalue weighted by Crippen LogP contribution is -2.06. The van der Waals surface area contributed by atoms with Crippen molar-refractivity contribution in [3.8, 4) is 11.3 Å². The van der Waals surface area contributed by atoms with Crippen LogP contribution in [0, 0.1) is 0 Å². The molecular formula is C18H14BrNO5. The summed E-state index contributed by atoms with van der Waals surface area (Å²) in [5, 5.41) is 3.62. The van der Waals surface area contributed by atoms with E-state index in [1.54, 1.807) is 44.2 Å². The monoisotopic (exact) mass is 403 g/mol. The van der Waals surface area contributed by atoms with Crippen LogP contribution in [0.15, 0.2) is 50.0 Å². The molecule has 0 aliphatic carbocycles. The number of benzene rings is 1. The molecule has 7 heteroatoms. The van der Waals surface area contributed by atoms with Gasteiger partial charge in [-0.15, -0.1) is 0 Å². The topological polar surface area (TPSA) is 78.1 Å². The average Bonchev–Trinajstić information content (AvgIpc) is 3.17. The van der Waals surface area contributed by atoms with Crippen LogP contribution in [0.1, 0.15) is 30.0 Å². The van der Waals surface area contributed by atoms with Gasteiger partial charge in [0.15, 0.2) is 0 Å². The standard InChI is InChI=1S/C18H14BrNO5/c1-3-23-17(21)15-8-11(19)4-6-13(15)16-7-5-12(24-16)9-14-10(2)20-25-18(14)22/h4-9H,3H2,1-2H3/b14-9-. The van der Waals surface area contributed by atoms with Crippen LogP contribution in [0.3, 0.4) is 0 Å². The van der Waals surface area contributed by atoms with Crippen LogP contribution in [0.25, 0.3) is 17.4 Å². The third kappa shape index (κ3) is 3.56. The number of nitrogens with zero attached hydrogens (tertiary/aromatic N) is 1. The lowest BCUT2D eigenvalue weighted by molar-refractivity contribution is -0.136. The summed E-state index contributed by atoms with van der Waals surface area (Å²) in [5.41, 5.74) is 1.81. The van der Waals surface area contributed by atoms with Crippen LogP contribution in [0.5, 0.6) is 0 Å². The second-order valence-electron chi connectivity index (χ2n) is 5.23. The minimum Gasteiger partial charge on any atom is -0.462 e. The zero-order valence-electron chi connectivity index (χ0n) is 13.5. The molecule has 0 amide bonds. The summed E-state index contributed by atoms with van der Waals surface area (Å²) >= 11 is 3.35. The van der Waals surface area contributed by atoms with Gasteiger partial charge in [0.05, 0.1) is 23.5 Å². The van der Waals surface area contributed by atoms with E-state index in [0.29, 0.717) is 33.9 Å². The molecule has 0 radical (unpaired) electrons. The molecule has 0 bridgehead atoms. The third-order valence-corrected chi connectivity index (χ3v) is 4.02. The van der Waals surface area contributed by atoms with E-state index in [1.165, 1.54) is 0 Å². The maximum atomic E-state index is 12.2. The predicted molar refractivity (Wildman–Crippen MR) is 95.0 cm³/mol. The lowest BCUT2D eigenvalue weighted by Gasteiger charge is -2.07. The molecule has 0 spiro atoms. The number of carbonyl (C=O) groups excluding carboxylic acids is 2. The zero-order valence-corrected chi connectivity index (χ0v) is 15.1. The summed E-state index contributed by atoms with van der Waals surface area (Å²) in [7, 11) is 0. The number of hydrogen-bond acceptors (Lipinski definition) is 6. The smallest absolute Gasteiger partial charge is 0.367 e. The average molecular weight is 404 g/mol. The maximum absolute atomic E-state index is 12.2. The third-order valence-electron chi connectivity index (χ3n) is 3.53. The molecule has 2 heterocycles. The number of hydrogen-bond donors (Lipinski definition) is 0. The van der Waals surface area contributed by atoms with Gasteiger partial charge in [-0.25, -0.2) is 9.59 Å². The van der Waals surface area contributed by atoms with Crippen LogP contribution >= 0.6 is 15.9 Å². The summed E-state index contributed by atoms with van der Waals surface area (Å²) in [5.74, 6) is -0.0109. The van der Waals surface area contributed by atoms with E-state index in [-0.39, 0.29) is 6.61 Å². The van der Waals surface area contributed by atoms with Crippen molar-refractivity contribution in [1.82, 2.24) is 0 Å². The lowest BCUT2D eigenvalue weighted by atomic mass is 10.1. The van der Waals surface area contributed by atoms with E-state index in [2.05, 4.69) is 25.9 Å². The van der Waals surface area contributed by atoms with E-state index in [1.807, 2.05) is 6.07 Å². The fraction of sp³-hybridized carbons (Fsp3) is 0.167. The Bertz CT molecular complexity index is 910. The van der Waals surface area contributed by atoms with E-state index in [4.69, 9.17) is 9.15 Å². The number of ether oxygens (including phenoxy) is 1. The van der Waals surface area contributed by atoms with Gasteiger partial charge in [-0.05, 0) is 50.3 Å². The molecule has 0 unspecified atom stereocenters. The van der Waals surface area contributed by atoms with Crippen molar-refractivity contribution in [2.24, 2.45) is 5.16 Å². The predicted octanol–water partition coefficient (Wildman–Crippen LogP) is 4.20. The van der Waals surface area contributed by atoms with Gasteiger partial charge in [0.1, 0.15) is 11.5 Å². The number of rotatable bonds is 4. The SMILES string of the molecule is CCOC(=O)c1cc(Br)ccc1-c1ccc(/C=C2\C(=O)ON=C2C)o1. The molecule has 0 fully saturated rings. The first-order valence-electron chi connectivity index (χ1n) is 7.54. The van der Waals surface area contributed by atoms with E-state index < -0.39 is 11.9 Å².